The zero-order chi connectivity index (χ0) is 39.5. The van der Waals surface area contributed by atoms with Crippen molar-refractivity contribution < 1.29 is 38.2 Å². The van der Waals surface area contributed by atoms with Gasteiger partial charge in [0.25, 0.3) is 5.91 Å². The van der Waals surface area contributed by atoms with Gasteiger partial charge in [-0.1, -0.05) is 24.3 Å². The van der Waals surface area contributed by atoms with Gasteiger partial charge in [-0.15, -0.1) is 0 Å². The zero-order valence-corrected chi connectivity index (χ0v) is 32.1. The Morgan fingerprint density at radius 2 is 1.54 bits per heavy atom. The number of fused-ring (bicyclic) bond motifs is 2. The Bertz CT molecular complexity index is 2020. The highest BCUT2D eigenvalue weighted by atomic mass is 16.6. The summed E-state index contributed by atoms with van der Waals surface area (Å²) in [5, 5.41) is 12.0. The number of nitrogens with one attached hydrogen (secondary N) is 1. The molecule has 3 aromatic rings. The molecule has 300 valence electrons. The van der Waals surface area contributed by atoms with Crippen LogP contribution in [0, 0.1) is 6.92 Å². The fourth-order valence-corrected chi connectivity index (χ4v) is 8.75. The number of likely N-dealkylation sites (tertiary alicyclic amines) is 2. The number of aromatic nitrogens is 1. The number of para-hydroxylation sites is 1. The molecule has 1 aromatic heterocycles. The highest BCUT2D eigenvalue weighted by Crippen LogP contribution is 2.27. The van der Waals surface area contributed by atoms with Gasteiger partial charge in [0.05, 0.1) is 11.9 Å². The van der Waals surface area contributed by atoms with E-state index in [1.54, 1.807) is 27.8 Å². The van der Waals surface area contributed by atoms with Crippen molar-refractivity contribution in [2.75, 3.05) is 64.2 Å². The molecule has 0 saturated carbocycles. The van der Waals surface area contributed by atoms with Crippen molar-refractivity contribution in [3.8, 4) is 0 Å². The summed E-state index contributed by atoms with van der Waals surface area (Å²) in [6, 6.07) is 11.5. The normalized spacial score (nSPS) is 19.4. The fourth-order valence-electron chi connectivity index (χ4n) is 8.75. The number of carbonyl (C=O) groups is 5. The van der Waals surface area contributed by atoms with Crippen LogP contribution in [0.25, 0.3) is 11.1 Å². The van der Waals surface area contributed by atoms with Gasteiger partial charge in [-0.05, 0) is 67.9 Å². The first-order valence-electron chi connectivity index (χ1n) is 19.7. The first-order chi connectivity index (χ1) is 26.9. The van der Waals surface area contributed by atoms with Gasteiger partial charge in [-0.3, -0.25) is 23.9 Å². The van der Waals surface area contributed by atoms with E-state index in [4.69, 9.17) is 14.3 Å². The number of nitrogens with zero attached hydrogens (tertiary/aromatic N) is 6. The lowest BCUT2D eigenvalue weighted by Crippen LogP contribution is -2.56. The van der Waals surface area contributed by atoms with Crippen LogP contribution in [-0.2, 0) is 39.0 Å². The minimum Gasteiger partial charge on any atom is -0.481 e. The maximum atomic E-state index is 14.3. The highest BCUT2D eigenvalue weighted by molar-refractivity contribution is 5.91. The number of rotatable bonds is 9. The maximum absolute atomic E-state index is 14.3. The number of ether oxygens (including phenoxy) is 1. The number of urea groups is 1. The van der Waals surface area contributed by atoms with Gasteiger partial charge in [-0.25, -0.2) is 14.4 Å². The first-order valence-corrected chi connectivity index (χ1v) is 19.7. The summed E-state index contributed by atoms with van der Waals surface area (Å²) in [7, 11) is 1.64. The van der Waals surface area contributed by atoms with Crippen molar-refractivity contribution >= 4 is 46.7 Å². The van der Waals surface area contributed by atoms with E-state index in [0.29, 0.717) is 88.4 Å². The second-order valence-corrected chi connectivity index (χ2v) is 15.4. The third-order valence-corrected chi connectivity index (χ3v) is 11.9. The predicted molar refractivity (Wildman–Crippen MR) is 205 cm³/mol. The number of carbonyl (C=O) groups excluding carboxylic acids is 4. The van der Waals surface area contributed by atoms with Crippen LogP contribution in [-0.4, -0.2) is 141 Å². The quantitative estimate of drug-likeness (QED) is 0.329. The lowest BCUT2D eigenvalue weighted by Gasteiger charge is -2.43. The number of hydrogen-bond acceptors (Lipinski definition) is 9. The topological polar surface area (TPSA) is 178 Å². The van der Waals surface area contributed by atoms with Crippen molar-refractivity contribution in [3.63, 3.8) is 0 Å². The summed E-state index contributed by atoms with van der Waals surface area (Å²) in [5.41, 5.74) is 4.49. The van der Waals surface area contributed by atoms with Crippen molar-refractivity contribution in [2.45, 2.75) is 76.5 Å². The van der Waals surface area contributed by atoms with E-state index >= 15 is 0 Å². The van der Waals surface area contributed by atoms with E-state index in [2.05, 4.69) is 10.2 Å². The van der Waals surface area contributed by atoms with Crippen LogP contribution in [0.1, 0.15) is 55.2 Å². The molecule has 0 aliphatic carbocycles. The van der Waals surface area contributed by atoms with E-state index in [-0.39, 0.29) is 49.2 Å². The van der Waals surface area contributed by atoms with Crippen LogP contribution in [0.15, 0.2) is 45.6 Å². The predicted octanol–water partition coefficient (Wildman–Crippen LogP) is 3.04. The summed E-state index contributed by atoms with van der Waals surface area (Å²) in [5.74, 6) is -1.90. The Hall–Kier alpha value is -5.38. The number of amides is 5. The summed E-state index contributed by atoms with van der Waals surface area (Å²) in [6.45, 7) is 6.62. The van der Waals surface area contributed by atoms with Crippen molar-refractivity contribution in [1.82, 2.24) is 29.1 Å². The summed E-state index contributed by atoms with van der Waals surface area (Å²) >= 11 is 0. The van der Waals surface area contributed by atoms with E-state index in [1.165, 1.54) is 4.57 Å². The Labute approximate surface area is 324 Å². The van der Waals surface area contributed by atoms with Gasteiger partial charge in [0.1, 0.15) is 0 Å². The number of aryl methyl sites for hydroxylation is 2. The van der Waals surface area contributed by atoms with Gasteiger partial charge in [-0.2, -0.15) is 0 Å². The molecule has 56 heavy (non-hydrogen) atoms. The lowest BCUT2D eigenvalue weighted by molar-refractivity contribution is -0.143. The molecule has 5 amide bonds. The number of piperidine rings is 2. The van der Waals surface area contributed by atoms with Gasteiger partial charge in [0, 0.05) is 96.6 Å². The number of carboxylic acids is 1. The Morgan fingerprint density at radius 3 is 2.25 bits per heavy atom. The molecule has 3 saturated heterocycles. The van der Waals surface area contributed by atoms with Crippen molar-refractivity contribution in [3.05, 3.63) is 63.6 Å². The van der Waals surface area contributed by atoms with Gasteiger partial charge in [0.15, 0.2) is 11.7 Å². The van der Waals surface area contributed by atoms with E-state index in [1.807, 2.05) is 42.2 Å². The first kappa shape index (κ1) is 38.9. The second-order valence-electron chi connectivity index (χ2n) is 15.4. The van der Waals surface area contributed by atoms with Crippen LogP contribution < -0.4 is 11.1 Å². The number of hydrogen-bond donors (Lipinski definition) is 2. The second kappa shape index (κ2) is 16.8. The molecule has 4 aliphatic heterocycles. The minimum atomic E-state index is -1.11. The molecule has 16 nitrogen and oxygen atoms in total. The van der Waals surface area contributed by atoms with Crippen LogP contribution in [0.2, 0.25) is 0 Å². The van der Waals surface area contributed by atoms with Crippen molar-refractivity contribution in [1.29, 1.82) is 0 Å². The molecule has 0 radical (unpaired) electrons. The van der Waals surface area contributed by atoms with Crippen LogP contribution in [0.3, 0.4) is 0 Å². The molecule has 2 N–H and O–H groups in total. The molecule has 3 fully saturated rings. The smallest absolute Gasteiger partial charge is 0.419 e. The molecule has 7 rings (SSSR count). The highest BCUT2D eigenvalue weighted by Gasteiger charge is 2.37. The average Bonchev–Trinajstić information content (AvgIpc) is 3.38. The molecule has 2 aromatic carbocycles. The summed E-state index contributed by atoms with van der Waals surface area (Å²) in [6.07, 6.45) is 1.59. The monoisotopic (exact) mass is 773 g/mol. The molecule has 5 heterocycles. The van der Waals surface area contributed by atoms with E-state index in [9.17, 15) is 28.8 Å². The Balaban J connectivity index is 0.983. The molecule has 1 unspecified atom stereocenters. The van der Waals surface area contributed by atoms with Crippen LogP contribution in [0.5, 0.6) is 0 Å². The fraction of sp³-hybridized carbons (Fsp3) is 0.550. The van der Waals surface area contributed by atoms with Crippen LogP contribution >= 0.6 is 0 Å². The number of benzene rings is 2. The summed E-state index contributed by atoms with van der Waals surface area (Å²) < 4.78 is 13.0. The number of carboxylic acid groups (broad SMARTS) is 1. The largest absolute Gasteiger partial charge is 0.481 e. The SMILES string of the molecule is Cc1cc(CC(OC(=O)N2CCC(N3CCc4ccccc4NC3=O)CC2)C(=O)N2CCC(N3CCN(C(=O)CCC(=O)O)CC3)CC2)cc2oc(=O)n(C)c12. The number of oxazole rings is 1. The molecular formula is C40H51N7O9. The third-order valence-electron chi connectivity index (χ3n) is 11.9. The molecule has 0 spiro atoms. The maximum Gasteiger partial charge on any atom is 0.419 e. The van der Waals surface area contributed by atoms with E-state index < -0.39 is 23.9 Å². The van der Waals surface area contributed by atoms with E-state index in [0.717, 1.165) is 36.1 Å². The molecule has 16 heteroatoms. The standard InChI is InChI=1S/C40H51N7O9/c1-26-23-27(24-32-36(26)42(2)39(53)55-32)25-33(37(51)45-14-10-29(11-15-45)43-19-21-44(22-20-43)34(48)7-8-35(49)50)56-40(54)46-16-12-30(13-17-46)47-18-9-28-5-3-4-6-31(28)41-38(47)52/h3-6,23-24,29-30,33H,7-22,25H2,1-2H3,(H,41,52)(H,49,50). The lowest BCUT2D eigenvalue weighted by atomic mass is 9.99. The molecular weight excluding hydrogens is 722 g/mol. The van der Waals surface area contributed by atoms with Gasteiger partial charge >= 0.3 is 23.8 Å². The number of anilines is 1. The van der Waals surface area contributed by atoms with Crippen molar-refractivity contribution in [2.24, 2.45) is 7.05 Å². The summed E-state index contributed by atoms with van der Waals surface area (Å²) in [4.78, 5) is 86.1. The van der Waals surface area contributed by atoms with Crippen LogP contribution in [0.4, 0.5) is 15.3 Å². The molecule has 4 aliphatic rings. The molecule has 0 bridgehead atoms. The number of aliphatic carboxylic acids is 1. The zero-order valence-electron chi connectivity index (χ0n) is 32.1. The Morgan fingerprint density at radius 1 is 0.857 bits per heavy atom. The minimum absolute atomic E-state index is 0.0000509. The Kier molecular flexibility index (Phi) is 11.6. The van der Waals surface area contributed by atoms with Gasteiger partial charge < -0.3 is 39.2 Å². The number of piperazine rings is 1. The molecule has 1 atom stereocenters. The third kappa shape index (κ3) is 8.54. The average molecular weight is 774 g/mol. The van der Waals surface area contributed by atoms with Gasteiger partial charge in [0.2, 0.25) is 5.91 Å².